The quantitative estimate of drug-likeness (QED) is 0.644. The van der Waals surface area contributed by atoms with E-state index in [1.54, 1.807) is 0 Å². The number of hydrogen-bond acceptors (Lipinski definition) is 3. The van der Waals surface area contributed by atoms with E-state index in [0.717, 1.165) is 13.1 Å². The maximum atomic E-state index is 8.50. The Morgan fingerprint density at radius 3 is 2.58 bits per heavy atom. The molecule has 0 aromatic rings. The second kappa shape index (κ2) is 7.08. The first-order chi connectivity index (χ1) is 5.74. The van der Waals surface area contributed by atoms with Crippen LogP contribution in [0.15, 0.2) is 0 Å². The van der Waals surface area contributed by atoms with Gasteiger partial charge in [0.2, 0.25) is 0 Å². The molecular formula is C9H19N3. The van der Waals surface area contributed by atoms with E-state index in [4.69, 9.17) is 11.0 Å². The van der Waals surface area contributed by atoms with Crippen LogP contribution < -0.4 is 5.73 Å². The molecule has 0 aromatic heterocycles. The average Bonchev–Trinajstić information content (AvgIpc) is 2.11. The highest BCUT2D eigenvalue weighted by Crippen LogP contribution is 1.95. The summed E-state index contributed by atoms with van der Waals surface area (Å²) in [4.78, 5) is 2.22. The van der Waals surface area contributed by atoms with E-state index >= 15 is 0 Å². The summed E-state index contributed by atoms with van der Waals surface area (Å²) in [6.07, 6.45) is 2.38. The number of hydrogen-bond donors (Lipinski definition) is 1. The first-order valence-corrected chi connectivity index (χ1v) is 4.62. The Morgan fingerprint density at radius 2 is 2.17 bits per heavy atom. The van der Waals surface area contributed by atoms with Crippen LogP contribution in [0.25, 0.3) is 0 Å². The van der Waals surface area contributed by atoms with Crippen LogP contribution >= 0.6 is 0 Å². The molecule has 0 aliphatic heterocycles. The topological polar surface area (TPSA) is 53.0 Å². The third-order valence-electron chi connectivity index (χ3n) is 1.90. The predicted molar refractivity (Wildman–Crippen MR) is 50.6 cm³/mol. The number of unbranched alkanes of at least 4 members (excludes halogenated alkanes) is 1. The molecule has 0 aliphatic carbocycles. The van der Waals surface area contributed by atoms with Crippen LogP contribution in [0.5, 0.6) is 0 Å². The molecular weight excluding hydrogens is 150 g/mol. The van der Waals surface area contributed by atoms with E-state index < -0.39 is 0 Å². The summed E-state index contributed by atoms with van der Waals surface area (Å²) >= 11 is 0. The van der Waals surface area contributed by atoms with Crippen LogP contribution in [-0.2, 0) is 0 Å². The van der Waals surface area contributed by atoms with Crippen molar-refractivity contribution in [3.8, 4) is 6.07 Å². The molecule has 0 aliphatic rings. The maximum Gasteiger partial charge on any atom is 0.106 e. The van der Waals surface area contributed by atoms with Gasteiger partial charge in [0.15, 0.2) is 0 Å². The summed E-state index contributed by atoms with van der Waals surface area (Å²) in [6.45, 7) is 7.00. The van der Waals surface area contributed by atoms with Gasteiger partial charge in [0.25, 0.3) is 0 Å². The van der Waals surface area contributed by atoms with Gasteiger partial charge in [-0.1, -0.05) is 20.3 Å². The lowest BCUT2D eigenvalue weighted by molar-refractivity contribution is 0.278. The number of nitriles is 1. The molecule has 1 unspecified atom stereocenters. The highest BCUT2D eigenvalue weighted by atomic mass is 15.1. The third kappa shape index (κ3) is 5.11. The van der Waals surface area contributed by atoms with Gasteiger partial charge in [-0.2, -0.15) is 5.26 Å². The van der Waals surface area contributed by atoms with Crippen LogP contribution in [0.3, 0.4) is 0 Å². The van der Waals surface area contributed by atoms with Crippen LogP contribution in [0.1, 0.15) is 26.7 Å². The zero-order valence-corrected chi connectivity index (χ0v) is 8.08. The Hall–Kier alpha value is -0.590. The molecule has 2 N–H and O–H groups in total. The van der Waals surface area contributed by atoms with E-state index in [1.807, 2.05) is 6.07 Å². The van der Waals surface area contributed by atoms with Gasteiger partial charge in [-0.25, -0.2) is 0 Å². The van der Waals surface area contributed by atoms with E-state index in [1.165, 1.54) is 12.8 Å². The Balaban J connectivity index is 3.60. The number of nitrogens with zero attached hydrogens (tertiary/aromatic N) is 2. The molecule has 0 heterocycles. The highest BCUT2D eigenvalue weighted by Gasteiger charge is 2.06. The summed E-state index contributed by atoms with van der Waals surface area (Å²) in [6, 6.07) is 1.71. The van der Waals surface area contributed by atoms with Crippen LogP contribution in [0, 0.1) is 11.3 Å². The standard InChI is InChI=1S/C9H19N3/c1-3-5-6-12(4-2)8-9(11)7-10/h9H,3-6,8,11H2,1-2H3. The molecule has 70 valence electrons. The molecule has 3 heteroatoms. The monoisotopic (exact) mass is 169 g/mol. The third-order valence-corrected chi connectivity index (χ3v) is 1.90. The molecule has 3 nitrogen and oxygen atoms in total. The summed E-state index contributed by atoms with van der Waals surface area (Å²) < 4.78 is 0. The van der Waals surface area contributed by atoms with Crippen molar-refractivity contribution in [1.29, 1.82) is 5.26 Å². The first-order valence-electron chi connectivity index (χ1n) is 4.62. The van der Waals surface area contributed by atoms with Crippen molar-refractivity contribution in [3.05, 3.63) is 0 Å². The molecule has 0 bridgehead atoms. The molecule has 0 aromatic carbocycles. The fourth-order valence-corrected chi connectivity index (χ4v) is 1.08. The molecule has 0 amide bonds. The van der Waals surface area contributed by atoms with Gasteiger partial charge < -0.3 is 10.6 Å². The molecule has 1 atom stereocenters. The van der Waals surface area contributed by atoms with Crippen molar-refractivity contribution in [2.24, 2.45) is 5.73 Å². The van der Waals surface area contributed by atoms with Gasteiger partial charge in [-0.05, 0) is 19.5 Å². The Labute approximate surface area is 75.2 Å². The van der Waals surface area contributed by atoms with Crippen molar-refractivity contribution in [2.45, 2.75) is 32.7 Å². The molecule has 0 saturated heterocycles. The van der Waals surface area contributed by atoms with Crippen molar-refractivity contribution >= 4 is 0 Å². The normalized spacial score (nSPS) is 12.9. The van der Waals surface area contributed by atoms with Crippen molar-refractivity contribution < 1.29 is 0 Å². The predicted octanol–water partition coefficient (Wildman–Crippen LogP) is 0.959. The van der Waals surface area contributed by atoms with Crippen LogP contribution in [0.4, 0.5) is 0 Å². The van der Waals surface area contributed by atoms with Gasteiger partial charge in [-0.15, -0.1) is 0 Å². The van der Waals surface area contributed by atoms with Crippen molar-refractivity contribution in [3.63, 3.8) is 0 Å². The minimum Gasteiger partial charge on any atom is -0.315 e. The zero-order valence-electron chi connectivity index (χ0n) is 8.08. The fraction of sp³-hybridized carbons (Fsp3) is 0.889. The van der Waals surface area contributed by atoms with Crippen molar-refractivity contribution in [1.82, 2.24) is 4.90 Å². The molecule has 12 heavy (non-hydrogen) atoms. The number of rotatable bonds is 6. The lowest BCUT2D eigenvalue weighted by Gasteiger charge is -2.20. The van der Waals surface area contributed by atoms with E-state index in [-0.39, 0.29) is 6.04 Å². The second-order valence-electron chi connectivity index (χ2n) is 2.98. The maximum absolute atomic E-state index is 8.50. The molecule has 0 rings (SSSR count). The van der Waals surface area contributed by atoms with Gasteiger partial charge in [0, 0.05) is 6.54 Å². The largest absolute Gasteiger partial charge is 0.315 e. The summed E-state index contributed by atoms with van der Waals surface area (Å²) in [5, 5.41) is 8.50. The van der Waals surface area contributed by atoms with E-state index in [9.17, 15) is 0 Å². The molecule has 0 fully saturated rings. The Kier molecular flexibility index (Phi) is 6.73. The van der Waals surface area contributed by atoms with Crippen LogP contribution in [0.2, 0.25) is 0 Å². The highest BCUT2D eigenvalue weighted by molar-refractivity contribution is 4.88. The van der Waals surface area contributed by atoms with Gasteiger partial charge >= 0.3 is 0 Å². The minimum absolute atomic E-state index is 0.332. The number of likely N-dealkylation sites (N-methyl/N-ethyl adjacent to an activating group) is 1. The summed E-state index contributed by atoms with van der Waals surface area (Å²) in [5.74, 6) is 0. The Bertz CT molecular complexity index is 139. The summed E-state index contributed by atoms with van der Waals surface area (Å²) in [5.41, 5.74) is 5.52. The van der Waals surface area contributed by atoms with E-state index in [2.05, 4.69) is 18.7 Å². The number of nitrogens with two attached hydrogens (primary N) is 1. The molecule has 0 radical (unpaired) electrons. The lowest BCUT2D eigenvalue weighted by atomic mass is 10.2. The van der Waals surface area contributed by atoms with Crippen molar-refractivity contribution in [2.75, 3.05) is 19.6 Å². The lowest BCUT2D eigenvalue weighted by Crippen LogP contribution is -2.37. The minimum atomic E-state index is -0.332. The van der Waals surface area contributed by atoms with Gasteiger partial charge in [-0.3, -0.25) is 0 Å². The first kappa shape index (κ1) is 11.4. The molecule has 0 spiro atoms. The fourth-order valence-electron chi connectivity index (χ4n) is 1.08. The smallest absolute Gasteiger partial charge is 0.106 e. The second-order valence-corrected chi connectivity index (χ2v) is 2.98. The zero-order chi connectivity index (χ0) is 9.40. The van der Waals surface area contributed by atoms with Crippen LogP contribution in [-0.4, -0.2) is 30.6 Å². The van der Waals surface area contributed by atoms with Gasteiger partial charge in [0.1, 0.15) is 6.04 Å². The average molecular weight is 169 g/mol. The van der Waals surface area contributed by atoms with E-state index in [0.29, 0.717) is 6.54 Å². The SMILES string of the molecule is CCCCN(CC)CC(N)C#N. The Morgan fingerprint density at radius 1 is 1.50 bits per heavy atom. The van der Waals surface area contributed by atoms with Gasteiger partial charge in [0.05, 0.1) is 6.07 Å². The summed E-state index contributed by atoms with van der Waals surface area (Å²) in [7, 11) is 0. The molecule has 0 saturated carbocycles.